The van der Waals surface area contributed by atoms with E-state index in [0.29, 0.717) is 13.4 Å². The quantitative estimate of drug-likeness (QED) is 0.607. The van der Waals surface area contributed by atoms with Crippen molar-refractivity contribution in [2.75, 3.05) is 27.3 Å². The maximum Gasteiger partial charge on any atom is 0.147 e. The molecule has 0 saturated carbocycles. The summed E-state index contributed by atoms with van der Waals surface area (Å²) in [7, 11) is 1.66. The molecule has 0 radical (unpaired) electrons. The summed E-state index contributed by atoms with van der Waals surface area (Å²) in [5, 5.41) is 0. The molecule has 0 unspecified atom stereocenters. The molecular weight excluding hydrogens is 188 g/mol. The smallest absolute Gasteiger partial charge is 0.147 e. The van der Waals surface area contributed by atoms with E-state index in [1.165, 1.54) is 0 Å². The van der Waals surface area contributed by atoms with Crippen molar-refractivity contribution < 1.29 is 23.7 Å². The fraction of sp³-hybridized carbons (Fsp3) is 1.00. The zero-order valence-electron chi connectivity index (χ0n) is 8.47. The molecule has 2 aliphatic heterocycles. The Balaban J connectivity index is 2.09. The molecule has 2 fully saturated rings. The average Bonchev–Trinajstić information content (AvgIpc) is 2.36. The SMILES string of the molecule is CO[C@@H]1[C@H]2OCOC[C@H]2OCO[C@@H]1C. The Bertz CT molecular complexity index is 186. The molecule has 0 aliphatic carbocycles. The lowest BCUT2D eigenvalue weighted by atomic mass is 10.0. The predicted molar refractivity (Wildman–Crippen MR) is 46.8 cm³/mol. The fourth-order valence-electron chi connectivity index (χ4n) is 1.86. The molecule has 0 N–H and O–H groups in total. The summed E-state index contributed by atoms with van der Waals surface area (Å²) in [5.41, 5.74) is 0. The normalized spacial score (nSPS) is 44.1. The van der Waals surface area contributed by atoms with Crippen molar-refractivity contribution >= 4 is 0 Å². The van der Waals surface area contributed by atoms with E-state index in [1.807, 2.05) is 6.92 Å². The van der Waals surface area contributed by atoms with Crippen LogP contribution in [-0.2, 0) is 23.7 Å². The number of hydrogen-bond donors (Lipinski definition) is 0. The van der Waals surface area contributed by atoms with Gasteiger partial charge in [0.2, 0.25) is 0 Å². The summed E-state index contributed by atoms with van der Waals surface area (Å²) in [4.78, 5) is 0. The topological polar surface area (TPSA) is 46.2 Å². The van der Waals surface area contributed by atoms with E-state index in [9.17, 15) is 0 Å². The van der Waals surface area contributed by atoms with Crippen LogP contribution in [-0.4, -0.2) is 51.7 Å². The third-order valence-corrected chi connectivity index (χ3v) is 2.66. The van der Waals surface area contributed by atoms with Gasteiger partial charge >= 0.3 is 0 Å². The van der Waals surface area contributed by atoms with Gasteiger partial charge in [-0.15, -0.1) is 0 Å². The molecule has 0 spiro atoms. The highest BCUT2D eigenvalue weighted by atomic mass is 16.7. The average molecular weight is 204 g/mol. The lowest BCUT2D eigenvalue weighted by Crippen LogP contribution is -2.50. The second kappa shape index (κ2) is 4.55. The van der Waals surface area contributed by atoms with Crippen LogP contribution in [0.15, 0.2) is 0 Å². The summed E-state index contributed by atoms with van der Waals surface area (Å²) in [6.45, 7) is 3.07. The highest BCUT2D eigenvalue weighted by molar-refractivity contribution is 4.86. The van der Waals surface area contributed by atoms with Gasteiger partial charge < -0.3 is 23.7 Å². The predicted octanol–water partition coefficient (Wildman–Crippen LogP) is 0.136. The third kappa shape index (κ3) is 1.92. The van der Waals surface area contributed by atoms with Crippen LogP contribution >= 0.6 is 0 Å². The first-order valence-electron chi connectivity index (χ1n) is 4.78. The zero-order valence-corrected chi connectivity index (χ0v) is 8.47. The third-order valence-electron chi connectivity index (χ3n) is 2.66. The Kier molecular flexibility index (Phi) is 3.35. The Morgan fingerprint density at radius 1 is 1.14 bits per heavy atom. The maximum absolute atomic E-state index is 5.48. The largest absolute Gasteiger partial charge is 0.376 e. The van der Waals surface area contributed by atoms with Crippen molar-refractivity contribution in [1.29, 1.82) is 0 Å². The van der Waals surface area contributed by atoms with Gasteiger partial charge in [-0.25, -0.2) is 0 Å². The van der Waals surface area contributed by atoms with E-state index in [-0.39, 0.29) is 31.2 Å². The van der Waals surface area contributed by atoms with Crippen molar-refractivity contribution in [2.45, 2.75) is 31.3 Å². The molecule has 0 aromatic rings. The fourth-order valence-corrected chi connectivity index (χ4v) is 1.86. The van der Waals surface area contributed by atoms with Crippen LogP contribution in [0, 0.1) is 0 Å². The lowest BCUT2D eigenvalue weighted by molar-refractivity contribution is -0.228. The molecule has 2 heterocycles. The van der Waals surface area contributed by atoms with Crippen molar-refractivity contribution in [3.63, 3.8) is 0 Å². The van der Waals surface area contributed by atoms with E-state index >= 15 is 0 Å². The molecule has 0 amide bonds. The molecule has 5 heteroatoms. The second-order valence-electron chi connectivity index (χ2n) is 3.51. The van der Waals surface area contributed by atoms with Gasteiger partial charge in [-0.05, 0) is 6.92 Å². The number of methoxy groups -OCH3 is 1. The molecule has 4 atom stereocenters. The van der Waals surface area contributed by atoms with Crippen LogP contribution in [0.3, 0.4) is 0 Å². The zero-order chi connectivity index (χ0) is 9.97. The van der Waals surface area contributed by atoms with Crippen LogP contribution in [0.1, 0.15) is 6.92 Å². The molecule has 0 bridgehead atoms. The van der Waals surface area contributed by atoms with Crippen LogP contribution in [0.4, 0.5) is 0 Å². The molecule has 2 rings (SSSR count). The van der Waals surface area contributed by atoms with Gasteiger partial charge in [0.05, 0.1) is 12.7 Å². The van der Waals surface area contributed by atoms with Crippen molar-refractivity contribution in [3.8, 4) is 0 Å². The number of hydrogen-bond acceptors (Lipinski definition) is 5. The monoisotopic (exact) mass is 204 g/mol. The first kappa shape index (κ1) is 10.3. The van der Waals surface area contributed by atoms with Crippen LogP contribution in [0.2, 0.25) is 0 Å². The van der Waals surface area contributed by atoms with Gasteiger partial charge in [-0.1, -0.05) is 0 Å². The molecule has 0 aromatic carbocycles. The van der Waals surface area contributed by atoms with Crippen molar-refractivity contribution in [3.05, 3.63) is 0 Å². The van der Waals surface area contributed by atoms with Crippen molar-refractivity contribution in [1.82, 2.24) is 0 Å². The summed E-state index contributed by atoms with van der Waals surface area (Å²) < 4.78 is 26.9. The van der Waals surface area contributed by atoms with Gasteiger partial charge in [0.25, 0.3) is 0 Å². The summed E-state index contributed by atoms with van der Waals surface area (Å²) >= 11 is 0. The van der Waals surface area contributed by atoms with Crippen LogP contribution < -0.4 is 0 Å². The standard InChI is InChI=1S/C9H16O5/c1-6-8(10-2)9-7(13-5-12-6)3-11-4-14-9/h6-9H,3-5H2,1-2H3/t6-,7-,8+,9+/m1/s1. The van der Waals surface area contributed by atoms with E-state index in [0.717, 1.165) is 0 Å². The molecule has 14 heavy (non-hydrogen) atoms. The Labute approximate surface area is 83.2 Å². The van der Waals surface area contributed by atoms with E-state index in [1.54, 1.807) is 7.11 Å². The molecule has 5 nitrogen and oxygen atoms in total. The van der Waals surface area contributed by atoms with Gasteiger partial charge in [-0.2, -0.15) is 0 Å². The summed E-state index contributed by atoms with van der Waals surface area (Å²) in [5.74, 6) is 0. The minimum atomic E-state index is -0.0914. The molecule has 0 aromatic heterocycles. The van der Waals surface area contributed by atoms with Gasteiger partial charge in [-0.3, -0.25) is 0 Å². The Morgan fingerprint density at radius 3 is 2.79 bits per heavy atom. The minimum absolute atomic E-state index is 0.0203. The Hall–Kier alpha value is -0.200. The van der Waals surface area contributed by atoms with Crippen molar-refractivity contribution in [2.24, 2.45) is 0 Å². The molecular formula is C9H16O5. The summed E-state index contributed by atoms with van der Waals surface area (Å²) in [6, 6.07) is 0. The first-order chi connectivity index (χ1) is 6.83. The first-order valence-corrected chi connectivity index (χ1v) is 4.78. The number of fused-ring (bicyclic) bond motifs is 1. The molecule has 2 aliphatic rings. The van der Waals surface area contributed by atoms with E-state index < -0.39 is 0 Å². The van der Waals surface area contributed by atoms with Gasteiger partial charge in [0, 0.05) is 7.11 Å². The molecule has 82 valence electrons. The number of rotatable bonds is 1. The minimum Gasteiger partial charge on any atom is -0.376 e. The molecule has 2 saturated heterocycles. The van der Waals surface area contributed by atoms with E-state index in [4.69, 9.17) is 23.7 Å². The van der Waals surface area contributed by atoms with Gasteiger partial charge in [0.1, 0.15) is 31.9 Å². The number of ether oxygens (including phenoxy) is 5. The Morgan fingerprint density at radius 2 is 2.00 bits per heavy atom. The van der Waals surface area contributed by atoms with Crippen LogP contribution in [0.5, 0.6) is 0 Å². The van der Waals surface area contributed by atoms with Gasteiger partial charge in [0.15, 0.2) is 0 Å². The highest BCUT2D eigenvalue weighted by Crippen LogP contribution is 2.23. The maximum atomic E-state index is 5.48. The lowest BCUT2D eigenvalue weighted by Gasteiger charge is -2.34. The summed E-state index contributed by atoms with van der Waals surface area (Å²) in [6.07, 6.45) is -0.288. The second-order valence-corrected chi connectivity index (χ2v) is 3.51. The van der Waals surface area contributed by atoms with Crippen LogP contribution in [0.25, 0.3) is 0 Å². The highest BCUT2D eigenvalue weighted by Gasteiger charge is 2.40. The van der Waals surface area contributed by atoms with E-state index in [2.05, 4.69) is 0 Å².